The predicted molar refractivity (Wildman–Crippen MR) is 121 cm³/mol. The van der Waals surface area contributed by atoms with E-state index in [-0.39, 0.29) is 16.7 Å². The molecule has 0 spiro atoms. The Balaban J connectivity index is 1.68. The highest BCUT2D eigenvalue weighted by atomic mass is 16.6. The van der Waals surface area contributed by atoms with Crippen molar-refractivity contribution in [1.29, 1.82) is 0 Å². The smallest absolute Gasteiger partial charge is 0.345 e. The Kier molecular flexibility index (Phi) is 5.77. The molecule has 9 heteroatoms. The van der Waals surface area contributed by atoms with Crippen LogP contribution in [0.15, 0.2) is 66.7 Å². The van der Waals surface area contributed by atoms with Crippen LogP contribution in [-0.4, -0.2) is 41.5 Å². The number of carbonyl (C=O) groups excluding carboxylic acids is 4. The molecule has 1 unspecified atom stereocenters. The van der Waals surface area contributed by atoms with E-state index in [1.54, 1.807) is 36.4 Å². The van der Waals surface area contributed by atoms with Crippen molar-refractivity contribution in [2.45, 2.75) is 13.0 Å². The number of nitrogens with zero attached hydrogens (tertiary/aromatic N) is 2. The zero-order chi connectivity index (χ0) is 24.6. The first-order valence-electron chi connectivity index (χ1n) is 10.3. The number of fused-ring (bicyclic) bond motifs is 2. The van der Waals surface area contributed by atoms with Crippen LogP contribution >= 0.6 is 0 Å². The number of likely N-dealkylation sites (N-methyl/N-ethyl adjacent to an activating group) is 1. The Labute approximate surface area is 193 Å². The third-order valence-corrected chi connectivity index (χ3v) is 5.57. The average molecular weight is 458 g/mol. The molecular formula is C25H18N2O7. The van der Waals surface area contributed by atoms with Gasteiger partial charge in [-0.3, -0.25) is 24.5 Å². The topological polar surface area (TPSA) is 124 Å². The first kappa shape index (κ1) is 22.5. The zero-order valence-electron chi connectivity index (χ0n) is 18.2. The molecule has 0 radical (unpaired) electrons. The summed E-state index contributed by atoms with van der Waals surface area (Å²) in [7, 11) is 1.51. The van der Waals surface area contributed by atoms with Crippen LogP contribution in [-0.2, 0) is 9.53 Å². The van der Waals surface area contributed by atoms with E-state index in [1.807, 2.05) is 0 Å². The van der Waals surface area contributed by atoms with E-state index in [1.165, 1.54) is 43.1 Å². The molecule has 1 aliphatic carbocycles. The minimum absolute atomic E-state index is 0.0154. The van der Waals surface area contributed by atoms with Crippen LogP contribution in [0.2, 0.25) is 0 Å². The molecule has 0 fully saturated rings. The quantitative estimate of drug-likeness (QED) is 0.254. The molecule has 1 amide bonds. The van der Waals surface area contributed by atoms with Gasteiger partial charge in [0, 0.05) is 29.4 Å². The summed E-state index contributed by atoms with van der Waals surface area (Å²) in [5, 5.41) is 11.9. The van der Waals surface area contributed by atoms with Gasteiger partial charge in [0.05, 0.1) is 4.92 Å². The third-order valence-electron chi connectivity index (χ3n) is 5.57. The normalized spacial score (nSPS) is 12.9. The van der Waals surface area contributed by atoms with Crippen molar-refractivity contribution in [3.63, 3.8) is 0 Å². The maximum Gasteiger partial charge on any atom is 0.345 e. The third kappa shape index (κ3) is 3.73. The summed E-state index contributed by atoms with van der Waals surface area (Å²) in [4.78, 5) is 63.8. The Morgan fingerprint density at radius 2 is 1.47 bits per heavy atom. The van der Waals surface area contributed by atoms with Crippen molar-refractivity contribution in [1.82, 2.24) is 0 Å². The van der Waals surface area contributed by atoms with Gasteiger partial charge in [0.15, 0.2) is 11.9 Å². The number of nitro groups is 1. The van der Waals surface area contributed by atoms with Gasteiger partial charge >= 0.3 is 5.97 Å². The van der Waals surface area contributed by atoms with Gasteiger partial charge in [-0.05, 0) is 31.2 Å². The SMILES string of the molecule is CC(OC(=O)c1ccc2c(c1[N+](=O)[O-])C(=O)c1ccccc1C2=O)C(=O)N(C)c1ccccc1. The van der Waals surface area contributed by atoms with E-state index < -0.39 is 51.3 Å². The number of amides is 1. The molecule has 0 saturated carbocycles. The molecule has 1 atom stereocenters. The molecule has 34 heavy (non-hydrogen) atoms. The van der Waals surface area contributed by atoms with Crippen LogP contribution in [0, 0.1) is 10.1 Å². The summed E-state index contributed by atoms with van der Waals surface area (Å²) in [6.45, 7) is 1.34. The van der Waals surface area contributed by atoms with Crippen LogP contribution < -0.4 is 4.90 Å². The fourth-order valence-corrected chi connectivity index (χ4v) is 3.85. The van der Waals surface area contributed by atoms with Crippen LogP contribution in [0.25, 0.3) is 0 Å². The monoisotopic (exact) mass is 458 g/mol. The summed E-state index contributed by atoms with van der Waals surface area (Å²) < 4.78 is 5.22. The van der Waals surface area contributed by atoms with E-state index in [0.29, 0.717) is 5.69 Å². The second-order valence-corrected chi connectivity index (χ2v) is 7.63. The molecule has 3 aromatic carbocycles. The number of ether oxygens (including phenoxy) is 1. The molecule has 170 valence electrons. The molecule has 0 aliphatic heterocycles. The molecule has 9 nitrogen and oxygen atoms in total. The number of nitro benzene ring substituents is 1. The second-order valence-electron chi connectivity index (χ2n) is 7.63. The predicted octanol–water partition coefficient (Wildman–Crippen LogP) is 3.58. The van der Waals surface area contributed by atoms with Crippen molar-refractivity contribution in [3.05, 3.63) is 105 Å². The number of carbonyl (C=O) groups is 4. The van der Waals surface area contributed by atoms with Gasteiger partial charge in [-0.2, -0.15) is 0 Å². The van der Waals surface area contributed by atoms with Gasteiger partial charge in [0.1, 0.15) is 11.1 Å². The van der Waals surface area contributed by atoms with Gasteiger partial charge in [-0.1, -0.05) is 42.5 Å². The number of esters is 1. The highest BCUT2D eigenvalue weighted by Crippen LogP contribution is 2.36. The summed E-state index contributed by atoms with van der Waals surface area (Å²) in [6, 6.07) is 16.9. The standard InChI is InChI=1S/C25H18N2O7/c1-14(24(30)26(2)15-8-4-3-5-9-15)34-25(31)19-13-12-18-20(21(19)27(32)33)23(29)17-11-7-6-10-16(17)22(18)28/h3-14H,1-2H3. The highest BCUT2D eigenvalue weighted by molar-refractivity contribution is 6.30. The number of para-hydroxylation sites is 1. The lowest BCUT2D eigenvalue weighted by Crippen LogP contribution is -2.37. The van der Waals surface area contributed by atoms with Crippen LogP contribution in [0.3, 0.4) is 0 Å². The highest BCUT2D eigenvalue weighted by Gasteiger charge is 2.39. The minimum atomic E-state index is -1.27. The minimum Gasteiger partial charge on any atom is -0.449 e. The number of ketones is 2. The fraction of sp³-hybridized carbons (Fsp3) is 0.120. The van der Waals surface area contributed by atoms with E-state index >= 15 is 0 Å². The number of rotatable bonds is 5. The molecule has 0 heterocycles. The van der Waals surface area contributed by atoms with Crippen molar-refractivity contribution in [2.75, 3.05) is 11.9 Å². The van der Waals surface area contributed by atoms with E-state index in [9.17, 15) is 29.3 Å². The number of hydrogen-bond acceptors (Lipinski definition) is 7. The number of hydrogen-bond donors (Lipinski definition) is 0. The van der Waals surface area contributed by atoms with Crippen LogP contribution in [0.1, 0.15) is 49.1 Å². The first-order valence-corrected chi connectivity index (χ1v) is 10.3. The van der Waals surface area contributed by atoms with E-state index in [0.717, 1.165) is 6.07 Å². The molecule has 3 aromatic rings. The Hall–Kier alpha value is -4.66. The Bertz CT molecular complexity index is 1360. The molecule has 0 aromatic heterocycles. The van der Waals surface area contributed by atoms with Gasteiger partial charge < -0.3 is 9.64 Å². The molecule has 0 bridgehead atoms. The van der Waals surface area contributed by atoms with Crippen molar-refractivity contribution in [3.8, 4) is 0 Å². The van der Waals surface area contributed by atoms with Crippen molar-refractivity contribution in [2.24, 2.45) is 0 Å². The zero-order valence-corrected chi connectivity index (χ0v) is 18.2. The van der Waals surface area contributed by atoms with Crippen molar-refractivity contribution >= 4 is 34.8 Å². The molecule has 4 rings (SSSR count). The Morgan fingerprint density at radius 1 is 0.882 bits per heavy atom. The number of anilines is 1. The average Bonchev–Trinajstić information content (AvgIpc) is 2.85. The van der Waals surface area contributed by atoms with Gasteiger partial charge in [-0.15, -0.1) is 0 Å². The number of benzene rings is 3. The summed E-state index contributed by atoms with van der Waals surface area (Å²) >= 11 is 0. The lowest BCUT2D eigenvalue weighted by molar-refractivity contribution is -0.385. The fourth-order valence-electron chi connectivity index (χ4n) is 3.85. The first-order chi connectivity index (χ1) is 16.2. The summed E-state index contributed by atoms with van der Waals surface area (Å²) in [6.07, 6.45) is -1.27. The molecule has 0 N–H and O–H groups in total. The van der Waals surface area contributed by atoms with E-state index in [2.05, 4.69) is 0 Å². The molecular weight excluding hydrogens is 440 g/mol. The second kappa shape index (κ2) is 8.70. The summed E-state index contributed by atoms with van der Waals surface area (Å²) in [5.41, 5.74) is -1.27. The summed E-state index contributed by atoms with van der Waals surface area (Å²) in [5.74, 6) is -3.00. The van der Waals surface area contributed by atoms with Crippen molar-refractivity contribution < 1.29 is 28.8 Å². The van der Waals surface area contributed by atoms with Crippen LogP contribution in [0.4, 0.5) is 11.4 Å². The maximum absolute atomic E-state index is 13.1. The largest absolute Gasteiger partial charge is 0.449 e. The van der Waals surface area contributed by atoms with Gasteiger partial charge in [0.25, 0.3) is 11.6 Å². The molecule has 1 aliphatic rings. The molecule has 0 saturated heterocycles. The van der Waals surface area contributed by atoms with E-state index in [4.69, 9.17) is 4.74 Å². The van der Waals surface area contributed by atoms with Crippen LogP contribution in [0.5, 0.6) is 0 Å². The van der Waals surface area contributed by atoms with Gasteiger partial charge in [-0.25, -0.2) is 4.79 Å². The lowest BCUT2D eigenvalue weighted by atomic mass is 9.82. The lowest BCUT2D eigenvalue weighted by Gasteiger charge is -2.22. The van der Waals surface area contributed by atoms with Gasteiger partial charge in [0.2, 0.25) is 5.78 Å². The maximum atomic E-state index is 13.1. The Morgan fingerprint density at radius 3 is 2.09 bits per heavy atom.